The quantitative estimate of drug-likeness (QED) is 0.837. The largest absolute Gasteiger partial charge is 0.325 e. The number of carbonyl (C=O) groups is 1. The lowest BCUT2D eigenvalue weighted by Crippen LogP contribution is -2.22. The van der Waals surface area contributed by atoms with E-state index in [-0.39, 0.29) is 23.1 Å². The summed E-state index contributed by atoms with van der Waals surface area (Å²) >= 11 is 11.6. The summed E-state index contributed by atoms with van der Waals surface area (Å²) in [6, 6.07) is 2.65. The minimum Gasteiger partial charge on any atom is -0.325 e. The zero-order valence-electron chi connectivity index (χ0n) is 10.2. The molecular formula is C12H11Cl2F2NO2S. The molecule has 1 saturated carbocycles. The van der Waals surface area contributed by atoms with Crippen molar-refractivity contribution in [3.05, 3.63) is 29.8 Å². The highest BCUT2D eigenvalue weighted by Crippen LogP contribution is 2.53. The lowest BCUT2D eigenvalue weighted by Gasteiger charge is -2.06. The van der Waals surface area contributed by atoms with Gasteiger partial charge in [-0.2, -0.15) is 0 Å². The van der Waals surface area contributed by atoms with Crippen molar-refractivity contribution in [3.8, 4) is 0 Å². The minimum atomic E-state index is -1.42. The van der Waals surface area contributed by atoms with E-state index in [0.717, 1.165) is 12.1 Å². The first kappa shape index (κ1) is 15.7. The second-order valence-electron chi connectivity index (χ2n) is 4.62. The van der Waals surface area contributed by atoms with Crippen molar-refractivity contribution in [2.45, 2.75) is 10.8 Å². The van der Waals surface area contributed by atoms with Crippen molar-refractivity contribution in [1.29, 1.82) is 0 Å². The molecule has 110 valence electrons. The molecule has 0 radical (unpaired) electrons. The Bertz CT molecular complexity index is 548. The summed E-state index contributed by atoms with van der Waals surface area (Å²) in [5.41, 5.74) is -0.0139. The van der Waals surface area contributed by atoms with Crippen LogP contribution in [0, 0.1) is 17.6 Å². The highest BCUT2D eigenvalue weighted by molar-refractivity contribution is 7.85. The number of benzene rings is 1. The van der Waals surface area contributed by atoms with Crippen LogP contribution in [0.25, 0.3) is 0 Å². The number of hydrogen-bond acceptors (Lipinski definition) is 2. The molecule has 0 heterocycles. The molecule has 1 amide bonds. The fraction of sp³-hybridized carbons (Fsp3) is 0.417. The molecule has 0 bridgehead atoms. The number of rotatable bonds is 5. The molecule has 1 fully saturated rings. The Morgan fingerprint density at radius 2 is 1.90 bits per heavy atom. The smallest absolute Gasteiger partial charge is 0.236 e. The maximum atomic E-state index is 12.9. The van der Waals surface area contributed by atoms with Gasteiger partial charge in [-0.15, -0.1) is 23.2 Å². The first-order valence-corrected chi connectivity index (χ1v) is 7.99. The molecule has 20 heavy (non-hydrogen) atoms. The molecule has 1 aromatic rings. The number of halogens is 4. The third-order valence-corrected chi connectivity index (χ3v) is 5.07. The third-order valence-electron chi connectivity index (χ3n) is 2.78. The van der Waals surface area contributed by atoms with Crippen LogP contribution in [0.2, 0.25) is 0 Å². The van der Waals surface area contributed by atoms with Gasteiger partial charge in [0.2, 0.25) is 5.91 Å². The van der Waals surface area contributed by atoms with Gasteiger partial charge in [-0.1, -0.05) is 0 Å². The van der Waals surface area contributed by atoms with Crippen LogP contribution in [0.4, 0.5) is 14.5 Å². The van der Waals surface area contributed by atoms with Crippen molar-refractivity contribution in [1.82, 2.24) is 0 Å². The molecule has 1 N–H and O–H groups in total. The van der Waals surface area contributed by atoms with Gasteiger partial charge in [0.15, 0.2) is 0 Å². The number of anilines is 1. The van der Waals surface area contributed by atoms with Crippen molar-refractivity contribution < 1.29 is 17.8 Å². The summed E-state index contributed by atoms with van der Waals surface area (Å²) < 4.78 is 36.7. The Hall–Kier alpha value is -0.720. The zero-order valence-corrected chi connectivity index (χ0v) is 12.5. The number of carbonyl (C=O) groups excluding carboxylic acids is 1. The van der Waals surface area contributed by atoms with E-state index in [4.69, 9.17) is 23.2 Å². The number of alkyl halides is 2. The van der Waals surface area contributed by atoms with Crippen LogP contribution in [0.3, 0.4) is 0 Å². The molecule has 0 spiro atoms. The van der Waals surface area contributed by atoms with Crippen LogP contribution in [0.5, 0.6) is 0 Å². The van der Waals surface area contributed by atoms with E-state index in [9.17, 15) is 17.8 Å². The Labute approximate surface area is 127 Å². The van der Waals surface area contributed by atoms with Gasteiger partial charge in [0.25, 0.3) is 0 Å². The van der Waals surface area contributed by atoms with Gasteiger partial charge < -0.3 is 5.32 Å². The standard InChI is InChI=1S/C12H11Cl2F2NO2S/c13-12(14)4-7(12)5-20(19)6-11(18)17-10-2-8(15)1-9(16)3-10/h1-3,7H,4-6H2,(H,17,18)/t7-,20+/m0/s1. The lowest BCUT2D eigenvalue weighted by molar-refractivity contribution is -0.113. The molecule has 0 saturated heterocycles. The molecule has 1 aliphatic rings. The Kier molecular flexibility index (Phi) is 4.66. The van der Waals surface area contributed by atoms with E-state index in [1.165, 1.54) is 0 Å². The number of nitrogens with one attached hydrogen (secondary N) is 1. The van der Waals surface area contributed by atoms with E-state index in [1.54, 1.807) is 0 Å². The van der Waals surface area contributed by atoms with Crippen LogP contribution in [-0.4, -0.2) is 26.0 Å². The topological polar surface area (TPSA) is 46.2 Å². The molecule has 0 unspecified atom stereocenters. The summed E-state index contributed by atoms with van der Waals surface area (Å²) in [7, 11) is -1.42. The van der Waals surface area contributed by atoms with Gasteiger partial charge in [0.05, 0.1) is 0 Å². The van der Waals surface area contributed by atoms with Crippen molar-refractivity contribution in [3.63, 3.8) is 0 Å². The van der Waals surface area contributed by atoms with Crippen molar-refractivity contribution in [2.75, 3.05) is 16.8 Å². The fourth-order valence-electron chi connectivity index (χ4n) is 1.70. The maximum absolute atomic E-state index is 12.9. The van der Waals surface area contributed by atoms with Crippen LogP contribution >= 0.6 is 23.2 Å². The van der Waals surface area contributed by atoms with E-state index in [0.29, 0.717) is 12.5 Å². The highest BCUT2D eigenvalue weighted by Gasteiger charge is 2.52. The monoisotopic (exact) mass is 341 g/mol. The van der Waals surface area contributed by atoms with Gasteiger partial charge in [0, 0.05) is 34.2 Å². The van der Waals surface area contributed by atoms with E-state index in [2.05, 4.69) is 5.32 Å². The fourth-order valence-corrected chi connectivity index (χ4v) is 3.75. The average molecular weight is 342 g/mol. The predicted octanol–water partition coefficient (Wildman–Crippen LogP) is 2.85. The first-order valence-electron chi connectivity index (χ1n) is 5.75. The normalized spacial score (nSPS) is 21.3. The average Bonchev–Trinajstić information content (AvgIpc) is 2.82. The zero-order chi connectivity index (χ0) is 14.9. The molecular weight excluding hydrogens is 331 g/mol. The molecule has 2 atom stereocenters. The van der Waals surface area contributed by atoms with Crippen molar-refractivity contribution >= 4 is 45.6 Å². The van der Waals surface area contributed by atoms with Crippen molar-refractivity contribution in [2.24, 2.45) is 5.92 Å². The van der Waals surface area contributed by atoms with E-state index < -0.39 is 32.7 Å². The summed E-state index contributed by atoms with van der Waals surface area (Å²) in [5, 5.41) is 2.29. The lowest BCUT2D eigenvalue weighted by atomic mass is 10.3. The molecule has 3 nitrogen and oxygen atoms in total. The van der Waals surface area contributed by atoms with Gasteiger partial charge in [-0.25, -0.2) is 8.78 Å². The van der Waals surface area contributed by atoms with Crippen LogP contribution in [0.1, 0.15) is 6.42 Å². The molecule has 0 aliphatic heterocycles. The number of hydrogen-bond donors (Lipinski definition) is 1. The SMILES string of the molecule is O=C(C[S@](=O)C[C@@H]1CC1(Cl)Cl)Nc1cc(F)cc(F)c1. The van der Waals surface area contributed by atoms with Gasteiger partial charge in [-0.3, -0.25) is 9.00 Å². The van der Waals surface area contributed by atoms with E-state index in [1.807, 2.05) is 0 Å². The molecule has 1 aliphatic carbocycles. The Morgan fingerprint density at radius 3 is 2.40 bits per heavy atom. The van der Waals surface area contributed by atoms with Gasteiger partial charge >= 0.3 is 0 Å². The second-order valence-corrected chi connectivity index (χ2v) is 7.66. The van der Waals surface area contributed by atoms with Gasteiger partial charge in [-0.05, 0) is 18.6 Å². The molecule has 8 heteroatoms. The number of amides is 1. The Morgan fingerprint density at radius 1 is 1.35 bits per heavy atom. The molecule has 0 aromatic heterocycles. The van der Waals surface area contributed by atoms with E-state index >= 15 is 0 Å². The summed E-state index contributed by atoms with van der Waals surface area (Å²) in [6.07, 6.45) is 0.554. The third kappa shape index (κ3) is 4.40. The highest BCUT2D eigenvalue weighted by atomic mass is 35.5. The summed E-state index contributed by atoms with van der Waals surface area (Å²) in [6.45, 7) is 0. The van der Waals surface area contributed by atoms with Crippen LogP contribution in [0.15, 0.2) is 18.2 Å². The predicted molar refractivity (Wildman–Crippen MR) is 75.4 cm³/mol. The first-order chi connectivity index (χ1) is 9.26. The maximum Gasteiger partial charge on any atom is 0.236 e. The Balaban J connectivity index is 1.84. The molecule has 2 rings (SSSR count). The summed E-state index contributed by atoms with van der Waals surface area (Å²) in [4.78, 5) is 11.6. The minimum absolute atomic E-state index is 0.0139. The van der Waals surface area contributed by atoms with Gasteiger partial charge in [0.1, 0.15) is 21.7 Å². The van der Waals surface area contributed by atoms with Crippen LogP contribution < -0.4 is 5.32 Å². The summed E-state index contributed by atoms with van der Waals surface area (Å²) in [5.74, 6) is -2.28. The molecule has 1 aromatic carbocycles. The van der Waals surface area contributed by atoms with Crippen LogP contribution in [-0.2, 0) is 15.6 Å². The second kappa shape index (κ2) is 5.95.